The van der Waals surface area contributed by atoms with Crippen LogP contribution >= 0.6 is 35.6 Å². The molecule has 5 heteroatoms. The molecular formula is C7H9Cl3N2. The zero-order valence-electron chi connectivity index (χ0n) is 6.40. The number of halogens is 3. The van der Waals surface area contributed by atoms with Gasteiger partial charge in [-0.3, -0.25) is 0 Å². The number of nitrogens with one attached hydrogen (secondary N) is 2. The van der Waals surface area contributed by atoms with Crippen molar-refractivity contribution in [3.05, 3.63) is 28.2 Å². The van der Waals surface area contributed by atoms with Crippen LogP contribution in [0.15, 0.2) is 18.2 Å². The molecule has 1 rings (SSSR count). The van der Waals surface area contributed by atoms with Crippen LogP contribution in [0, 0.1) is 0 Å². The lowest BCUT2D eigenvalue weighted by molar-refractivity contribution is 0.984. The molecule has 0 bridgehead atoms. The van der Waals surface area contributed by atoms with E-state index in [1.807, 2.05) is 0 Å². The van der Waals surface area contributed by atoms with Gasteiger partial charge in [0.2, 0.25) is 0 Å². The van der Waals surface area contributed by atoms with Gasteiger partial charge in [0.05, 0.1) is 15.7 Å². The number of hydrogen-bond donors (Lipinski definition) is 2. The molecule has 0 atom stereocenters. The van der Waals surface area contributed by atoms with E-state index in [1.165, 1.54) is 0 Å². The van der Waals surface area contributed by atoms with E-state index in [0.29, 0.717) is 15.7 Å². The molecule has 0 aliphatic carbocycles. The Kier molecular flexibility index (Phi) is 5.42. The largest absolute Gasteiger partial charge is 0.319 e. The molecule has 0 amide bonds. The Labute approximate surface area is 87.6 Å². The monoisotopic (exact) mass is 226 g/mol. The van der Waals surface area contributed by atoms with Gasteiger partial charge in [0.1, 0.15) is 0 Å². The maximum absolute atomic E-state index is 5.82. The standard InChI is InChI=1S/C7H8Cl2N2.ClH/c1-10-11-7-5(8)3-2-4-6(7)9;/h2-4,10-11H,1H3;1H. The summed E-state index contributed by atoms with van der Waals surface area (Å²) in [4.78, 5) is 0. The number of rotatable bonds is 2. The van der Waals surface area contributed by atoms with Crippen LogP contribution in [-0.4, -0.2) is 7.05 Å². The van der Waals surface area contributed by atoms with E-state index in [1.54, 1.807) is 25.2 Å². The average molecular weight is 228 g/mol. The van der Waals surface area contributed by atoms with E-state index in [9.17, 15) is 0 Å². The summed E-state index contributed by atoms with van der Waals surface area (Å²) in [7, 11) is 1.75. The molecule has 68 valence electrons. The van der Waals surface area contributed by atoms with Crippen LogP contribution in [0.3, 0.4) is 0 Å². The summed E-state index contributed by atoms with van der Waals surface area (Å²) in [6, 6.07) is 5.34. The summed E-state index contributed by atoms with van der Waals surface area (Å²) in [5.74, 6) is 0. The molecule has 12 heavy (non-hydrogen) atoms. The van der Waals surface area contributed by atoms with Crippen molar-refractivity contribution in [1.82, 2.24) is 5.43 Å². The molecule has 0 heterocycles. The third-order valence-electron chi connectivity index (χ3n) is 1.21. The van der Waals surface area contributed by atoms with Crippen LogP contribution in [0.1, 0.15) is 0 Å². The summed E-state index contributed by atoms with van der Waals surface area (Å²) in [6.07, 6.45) is 0. The number of para-hydroxylation sites is 1. The Balaban J connectivity index is 0.00000121. The first-order valence-corrected chi connectivity index (χ1v) is 3.88. The fourth-order valence-electron chi connectivity index (χ4n) is 0.742. The second-order valence-electron chi connectivity index (χ2n) is 1.97. The van der Waals surface area contributed by atoms with Crippen molar-refractivity contribution in [2.24, 2.45) is 0 Å². The van der Waals surface area contributed by atoms with Crippen LogP contribution in [0.25, 0.3) is 0 Å². The smallest absolute Gasteiger partial charge is 0.0862 e. The predicted molar refractivity (Wildman–Crippen MR) is 56.4 cm³/mol. The highest BCUT2D eigenvalue weighted by atomic mass is 35.5. The van der Waals surface area contributed by atoms with Gasteiger partial charge in [-0.15, -0.1) is 12.4 Å². The van der Waals surface area contributed by atoms with Gasteiger partial charge in [-0.25, -0.2) is 5.43 Å². The van der Waals surface area contributed by atoms with Gasteiger partial charge in [0.15, 0.2) is 0 Å². The summed E-state index contributed by atoms with van der Waals surface area (Å²) in [5.41, 5.74) is 6.28. The Hall–Kier alpha value is -0.150. The Bertz CT molecular complexity index is 232. The molecule has 0 unspecified atom stereocenters. The van der Waals surface area contributed by atoms with Crippen LogP contribution in [0.5, 0.6) is 0 Å². The van der Waals surface area contributed by atoms with Crippen LogP contribution in [0.4, 0.5) is 5.69 Å². The number of hydrazine groups is 1. The molecule has 0 aromatic heterocycles. The van der Waals surface area contributed by atoms with Crippen LogP contribution in [0.2, 0.25) is 10.0 Å². The lowest BCUT2D eigenvalue weighted by Crippen LogP contribution is -2.15. The molecule has 0 saturated heterocycles. The highest BCUT2D eigenvalue weighted by Crippen LogP contribution is 2.28. The summed E-state index contributed by atoms with van der Waals surface area (Å²) in [5, 5.41) is 1.21. The molecule has 2 N–H and O–H groups in total. The van der Waals surface area contributed by atoms with Gasteiger partial charge in [-0.05, 0) is 12.1 Å². The number of hydrogen-bond acceptors (Lipinski definition) is 2. The minimum Gasteiger partial charge on any atom is -0.319 e. The zero-order valence-corrected chi connectivity index (χ0v) is 8.72. The molecule has 2 nitrogen and oxygen atoms in total. The zero-order chi connectivity index (χ0) is 8.27. The van der Waals surface area contributed by atoms with E-state index >= 15 is 0 Å². The first-order chi connectivity index (χ1) is 5.25. The maximum atomic E-state index is 5.82. The first kappa shape index (κ1) is 11.8. The summed E-state index contributed by atoms with van der Waals surface area (Å²) >= 11 is 11.6. The second-order valence-corrected chi connectivity index (χ2v) is 2.79. The van der Waals surface area contributed by atoms with Crippen molar-refractivity contribution in [2.45, 2.75) is 0 Å². The summed E-state index contributed by atoms with van der Waals surface area (Å²) < 4.78 is 0. The van der Waals surface area contributed by atoms with Crippen LogP contribution < -0.4 is 10.9 Å². The van der Waals surface area contributed by atoms with E-state index < -0.39 is 0 Å². The molecule has 0 aliphatic rings. The van der Waals surface area contributed by atoms with E-state index in [0.717, 1.165) is 0 Å². The van der Waals surface area contributed by atoms with Crippen molar-refractivity contribution in [1.29, 1.82) is 0 Å². The minimum atomic E-state index is 0. The normalized spacial score (nSPS) is 8.92. The van der Waals surface area contributed by atoms with Crippen molar-refractivity contribution in [3.63, 3.8) is 0 Å². The quantitative estimate of drug-likeness (QED) is 0.759. The third kappa shape index (κ3) is 2.72. The Morgan fingerprint density at radius 1 is 1.17 bits per heavy atom. The topological polar surface area (TPSA) is 24.1 Å². The van der Waals surface area contributed by atoms with E-state index in [2.05, 4.69) is 10.9 Å². The van der Waals surface area contributed by atoms with Gasteiger partial charge in [-0.2, -0.15) is 0 Å². The van der Waals surface area contributed by atoms with Gasteiger partial charge in [-0.1, -0.05) is 29.3 Å². The van der Waals surface area contributed by atoms with E-state index in [-0.39, 0.29) is 12.4 Å². The lowest BCUT2D eigenvalue weighted by Gasteiger charge is -2.07. The fourth-order valence-corrected chi connectivity index (χ4v) is 1.23. The Morgan fingerprint density at radius 3 is 2.08 bits per heavy atom. The minimum absolute atomic E-state index is 0. The lowest BCUT2D eigenvalue weighted by atomic mass is 10.3. The highest BCUT2D eigenvalue weighted by molar-refractivity contribution is 6.39. The van der Waals surface area contributed by atoms with Gasteiger partial charge >= 0.3 is 0 Å². The molecule has 0 fully saturated rings. The SMILES string of the molecule is CNNc1c(Cl)cccc1Cl.Cl. The van der Waals surface area contributed by atoms with Gasteiger partial charge in [0, 0.05) is 7.05 Å². The third-order valence-corrected chi connectivity index (χ3v) is 1.84. The number of anilines is 1. The molecule has 1 aromatic carbocycles. The molecule has 0 radical (unpaired) electrons. The molecule has 0 aliphatic heterocycles. The average Bonchev–Trinajstić information content (AvgIpc) is 1.97. The first-order valence-electron chi connectivity index (χ1n) is 3.12. The fraction of sp³-hybridized carbons (Fsp3) is 0.143. The molecule has 0 saturated carbocycles. The van der Waals surface area contributed by atoms with Crippen molar-refractivity contribution in [3.8, 4) is 0 Å². The van der Waals surface area contributed by atoms with Crippen molar-refractivity contribution in [2.75, 3.05) is 12.5 Å². The molecular weight excluding hydrogens is 218 g/mol. The maximum Gasteiger partial charge on any atom is 0.0862 e. The highest BCUT2D eigenvalue weighted by Gasteiger charge is 2.01. The predicted octanol–water partition coefficient (Wildman–Crippen LogP) is 2.96. The van der Waals surface area contributed by atoms with Crippen molar-refractivity contribution < 1.29 is 0 Å². The van der Waals surface area contributed by atoms with Gasteiger partial charge in [0.25, 0.3) is 0 Å². The second kappa shape index (κ2) is 5.49. The van der Waals surface area contributed by atoms with Crippen LogP contribution in [-0.2, 0) is 0 Å². The van der Waals surface area contributed by atoms with Gasteiger partial charge < -0.3 is 5.43 Å². The summed E-state index contributed by atoms with van der Waals surface area (Å²) in [6.45, 7) is 0. The Morgan fingerprint density at radius 2 is 1.67 bits per heavy atom. The molecule has 1 aromatic rings. The number of benzene rings is 1. The molecule has 0 spiro atoms. The van der Waals surface area contributed by atoms with E-state index in [4.69, 9.17) is 23.2 Å². The van der Waals surface area contributed by atoms with Crippen molar-refractivity contribution >= 4 is 41.3 Å².